The van der Waals surface area contributed by atoms with Crippen LogP contribution in [0.25, 0.3) is 0 Å². The van der Waals surface area contributed by atoms with E-state index in [0.29, 0.717) is 12.1 Å². The van der Waals surface area contributed by atoms with Gasteiger partial charge in [0.25, 0.3) is 0 Å². The average molecular weight is 207 g/mol. The number of fused-ring (bicyclic) bond motifs is 2. The molecular weight excluding hydrogens is 190 g/mol. The fourth-order valence-electron chi connectivity index (χ4n) is 3.00. The monoisotopic (exact) mass is 207 g/mol. The maximum absolute atomic E-state index is 10.6. The number of rotatable bonds is 1. The van der Waals surface area contributed by atoms with Crippen LogP contribution in [-0.2, 0) is 12.6 Å². The molecule has 0 aromatic carbocycles. The first-order valence-corrected chi connectivity index (χ1v) is 5.64. The molecule has 15 heavy (non-hydrogen) atoms. The number of aromatic nitrogens is 2. The third kappa shape index (κ3) is 1.48. The molecule has 3 rings (SSSR count). The highest BCUT2D eigenvalue weighted by Gasteiger charge is 2.44. The second-order valence-corrected chi connectivity index (χ2v) is 4.95. The minimum atomic E-state index is -0.696. The maximum atomic E-state index is 10.6. The van der Waals surface area contributed by atoms with Crippen LogP contribution in [0.2, 0.25) is 0 Å². The Morgan fingerprint density at radius 3 is 2.67 bits per heavy atom. The molecule has 0 spiro atoms. The van der Waals surface area contributed by atoms with Crippen LogP contribution in [0.1, 0.15) is 31.4 Å². The van der Waals surface area contributed by atoms with Gasteiger partial charge in [-0.3, -0.25) is 4.68 Å². The standard InChI is InChI=1S/C11H17N3O/c1-14-5-4-10(13-14)11(15)6-8-2-3-9(7-11)12-8/h4-5,8-9,12,15H,2-3,6-7H2,1H3. The van der Waals surface area contributed by atoms with Crippen molar-refractivity contribution >= 4 is 0 Å². The Hall–Kier alpha value is -0.870. The lowest BCUT2D eigenvalue weighted by Crippen LogP contribution is -2.46. The molecule has 2 atom stereocenters. The van der Waals surface area contributed by atoms with E-state index in [4.69, 9.17) is 0 Å². The summed E-state index contributed by atoms with van der Waals surface area (Å²) in [6, 6.07) is 2.90. The van der Waals surface area contributed by atoms with Gasteiger partial charge in [0.2, 0.25) is 0 Å². The second kappa shape index (κ2) is 3.06. The lowest BCUT2D eigenvalue weighted by molar-refractivity contribution is -0.0157. The van der Waals surface area contributed by atoms with Crippen LogP contribution in [-0.4, -0.2) is 27.0 Å². The molecule has 2 saturated heterocycles. The minimum absolute atomic E-state index is 0.482. The fraction of sp³-hybridized carbons (Fsp3) is 0.727. The molecule has 4 heteroatoms. The van der Waals surface area contributed by atoms with Gasteiger partial charge in [0, 0.05) is 25.3 Å². The van der Waals surface area contributed by atoms with Crippen molar-refractivity contribution < 1.29 is 5.11 Å². The Bertz CT molecular complexity index is 362. The van der Waals surface area contributed by atoms with Crippen LogP contribution < -0.4 is 5.32 Å². The first kappa shape index (κ1) is 9.36. The molecule has 2 aliphatic rings. The van der Waals surface area contributed by atoms with Gasteiger partial charge in [0.1, 0.15) is 5.60 Å². The lowest BCUT2D eigenvalue weighted by Gasteiger charge is -2.35. The number of hydrogen-bond donors (Lipinski definition) is 2. The number of nitrogens with one attached hydrogen (secondary N) is 1. The Labute approximate surface area is 89.3 Å². The highest BCUT2D eigenvalue weighted by atomic mass is 16.3. The molecule has 3 heterocycles. The number of nitrogens with zero attached hydrogens (tertiary/aromatic N) is 2. The molecule has 0 amide bonds. The van der Waals surface area contributed by atoms with Crippen LogP contribution in [0, 0.1) is 0 Å². The van der Waals surface area contributed by atoms with Crippen molar-refractivity contribution in [3.05, 3.63) is 18.0 Å². The second-order valence-electron chi connectivity index (χ2n) is 4.95. The van der Waals surface area contributed by atoms with E-state index in [1.807, 2.05) is 19.3 Å². The summed E-state index contributed by atoms with van der Waals surface area (Å²) in [6.45, 7) is 0. The Balaban J connectivity index is 1.90. The largest absolute Gasteiger partial charge is 0.383 e. The van der Waals surface area contributed by atoms with Crippen molar-refractivity contribution in [2.24, 2.45) is 7.05 Å². The molecule has 4 nitrogen and oxygen atoms in total. The normalized spacial score (nSPS) is 39.6. The molecule has 0 aliphatic carbocycles. The molecule has 2 fully saturated rings. The summed E-state index contributed by atoms with van der Waals surface area (Å²) >= 11 is 0. The molecule has 2 aliphatic heterocycles. The van der Waals surface area contributed by atoms with Gasteiger partial charge in [-0.1, -0.05) is 0 Å². The van der Waals surface area contributed by atoms with E-state index in [9.17, 15) is 5.11 Å². The molecule has 2 bridgehead atoms. The summed E-state index contributed by atoms with van der Waals surface area (Å²) in [5.41, 5.74) is 0.140. The Morgan fingerprint density at radius 1 is 1.47 bits per heavy atom. The van der Waals surface area contributed by atoms with Gasteiger partial charge >= 0.3 is 0 Å². The van der Waals surface area contributed by atoms with Gasteiger partial charge < -0.3 is 10.4 Å². The molecule has 1 aromatic heterocycles. The van der Waals surface area contributed by atoms with Gasteiger partial charge in [-0.15, -0.1) is 0 Å². The first-order chi connectivity index (χ1) is 7.16. The van der Waals surface area contributed by atoms with E-state index >= 15 is 0 Å². The smallest absolute Gasteiger partial charge is 0.111 e. The van der Waals surface area contributed by atoms with Crippen LogP contribution >= 0.6 is 0 Å². The summed E-state index contributed by atoms with van der Waals surface area (Å²) in [5.74, 6) is 0. The number of aryl methyl sites for hydroxylation is 1. The molecule has 0 radical (unpaired) electrons. The average Bonchev–Trinajstić information content (AvgIpc) is 2.74. The number of hydrogen-bond acceptors (Lipinski definition) is 3. The van der Waals surface area contributed by atoms with Gasteiger partial charge in [-0.25, -0.2) is 0 Å². The van der Waals surface area contributed by atoms with Crippen molar-refractivity contribution in [2.45, 2.75) is 43.4 Å². The summed E-state index contributed by atoms with van der Waals surface area (Å²) in [5, 5.41) is 18.5. The zero-order valence-electron chi connectivity index (χ0n) is 8.98. The third-order valence-corrected chi connectivity index (χ3v) is 3.69. The highest BCUT2D eigenvalue weighted by Crippen LogP contribution is 2.39. The van der Waals surface area contributed by atoms with Crippen LogP contribution in [0.3, 0.4) is 0 Å². The predicted octanol–water partition coefficient (Wildman–Crippen LogP) is 0.522. The Morgan fingerprint density at radius 2 is 2.13 bits per heavy atom. The van der Waals surface area contributed by atoms with E-state index in [1.54, 1.807) is 4.68 Å². The predicted molar refractivity (Wildman–Crippen MR) is 56.3 cm³/mol. The highest BCUT2D eigenvalue weighted by molar-refractivity contribution is 5.15. The maximum Gasteiger partial charge on any atom is 0.111 e. The van der Waals surface area contributed by atoms with E-state index in [1.165, 1.54) is 12.8 Å². The zero-order valence-corrected chi connectivity index (χ0v) is 8.98. The molecule has 0 saturated carbocycles. The molecule has 2 unspecified atom stereocenters. The fourth-order valence-corrected chi connectivity index (χ4v) is 3.00. The molecule has 1 aromatic rings. The van der Waals surface area contributed by atoms with E-state index in [0.717, 1.165) is 18.5 Å². The van der Waals surface area contributed by atoms with Crippen molar-refractivity contribution in [3.63, 3.8) is 0 Å². The van der Waals surface area contributed by atoms with Crippen molar-refractivity contribution in [1.29, 1.82) is 0 Å². The number of aliphatic hydroxyl groups is 1. The zero-order chi connectivity index (χ0) is 10.5. The van der Waals surface area contributed by atoms with E-state index in [-0.39, 0.29) is 0 Å². The van der Waals surface area contributed by atoms with E-state index < -0.39 is 5.60 Å². The van der Waals surface area contributed by atoms with Crippen LogP contribution in [0.4, 0.5) is 0 Å². The van der Waals surface area contributed by atoms with Gasteiger partial charge in [0.05, 0.1) is 5.69 Å². The third-order valence-electron chi connectivity index (χ3n) is 3.69. The summed E-state index contributed by atoms with van der Waals surface area (Å²) < 4.78 is 1.76. The molecule has 82 valence electrons. The Kier molecular flexibility index (Phi) is 1.91. The van der Waals surface area contributed by atoms with Gasteiger partial charge in [0.15, 0.2) is 0 Å². The quantitative estimate of drug-likeness (QED) is 0.706. The molecule has 2 N–H and O–H groups in total. The lowest BCUT2D eigenvalue weighted by atomic mass is 9.85. The van der Waals surface area contributed by atoms with Gasteiger partial charge in [-0.05, 0) is 31.7 Å². The van der Waals surface area contributed by atoms with Crippen molar-refractivity contribution in [3.8, 4) is 0 Å². The van der Waals surface area contributed by atoms with Crippen LogP contribution in [0.5, 0.6) is 0 Å². The SMILES string of the molecule is Cn1ccc(C2(O)CC3CCC(C2)N3)n1. The summed E-state index contributed by atoms with van der Waals surface area (Å²) in [6.07, 6.45) is 5.90. The van der Waals surface area contributed by atoms with Crippen molar-refractivity contribution in [2.75, 3.05) is 0 Å². The van der Waals surface area contributed by atoms with E-state index in [2.05, 4.69) is 10.4 Å². The summed E-state index contributed by atoms with van der Waals surface area (Å²) in [4.78, 5) is 0. The van der Waals surface area contributed by atoms with Crippen molar-refractivity contribution in [1.82, 2.24) is 15.1 Å². The topological polar surface area (TPSA) is 50.1 Å². The number of piperidine rings is 1. The van der Waals surface area contributed by atoms with Crippen LogP contribution in [0.15, 0.2) is 12.3 Å². The summed E-state index contributed by atoms with van der Waals surface area (Å²) in [7, 11) is 1.89. The first-order valence-electron chi connectivity index (χ1n) is 5.64. The molecular formula is C11H17N3O. The van der Waals surface area contributed by atoms with Gasteiger partial charge in [-0.2, -0.15) is 5.10 Å². The minimum Gasteiger partial charge on any atom is -0.383 e.